The predicted octanol–water partition coefficient (Wildman–Crippen LogP) is 3.80. The van der Waals surface area contributed by atoms with E-state index in [2.05, 4.69) is 6.92 Å². The Kier molecular flexibility index (Phi) is 4.80. The van der Waals surface area contributed by atoms with Crippen LogP contribution in [0.2, 0.25) is 0 Å². The SMILES string of the molecule is CCc1ccc(/C=C2/Oc3ccc(C)cc3N(C(C)C(=O)O)C2=O)cc1. The molecule has 1 aliphatic heterocycles. The number of hydrogen-bond acceptors (Lipinski definition) is 3. The second-order valence-electron chi connectivity index (χ2n) is 6.37. The molecule has 5 nitrogen and oxygen atoms in total. The Hall–Kier alpha value is -3.08. The number of benzene rings is 2. The summed E-state index contributed by atoms with van der Waals surface area (Å²) in [5.74, 6) is -0.949. The number of rotatable bonds is 4. The number of aryl methyl sites for hydroxylation is 2. The molecule has 0 spiro atoms. The number of hydrogen-bond donors (Lipinski definition) is 1. The molecule has 2 aromatic carbocycles. The maximum atomic E-state index is 12.9. The van der Waals surface area contributed by atoms with Crippen LogP contribution in [-0.2, 0) is 16.0 Å². The molecule has 134 valence electrons. The molecule has 0 saturated carbocycles. The first-order valence-corrected chi connectivity index (χ1v) is 8.56. The molecule has 0 aliphatic carbocycles. The molecule has 1 amide bonds. The number of aliphatic carboxylic acids is 1. The highest BCUT2D eigenvalue weighted by Crippen LogP contribution is 2.37. The number of carboxylic acids is 1. The highest BCUT2D eigenvalue weighted by atomic mass is 16.5. The van der Waals surface area contributed by atoms with Gasteiger partial charge in [-0.2, -0.15) is 0 Å². The number of carbonyl (C=O) groups excluding carboxylic acids is 1. The van der Waals surface area contributed by atoms with Gasteiger partial charge < -0.3 is 9.84 Å². The molecule has 0 bridgehead atoms. The van der Waals surface area contributed by atoms with Crippen LogP contribution in [-0.4, -0.2) is 23.0 Å². The van der Waals surface area contributed by atoms with Gasteiger partial charge in [-0.15, -0.1) is 0 Å². The van der Waals surface area contributed by atoms with Crippen molar-refractivity contribution in [2.45, 2.75) is 33.2 Å². The lowest BCUT2D eigenvalue weighted by molar-refractivity contribution is -0.139. The van der Waals surface area contributed by atoms with Gasteiger partial charge in [-0.3, -0.25) is 9.69 Å². The summed E-state index contributed by atoms with van der Waals surface area (Å²) in [5.41, 5.74) is 3.42. The number of amides is 1. The Morgan fingerprint density at radius 1 is 1.23 bits per heavy atom. The van der Waals surface area contributed by atoms with Crippen molar-refractivity contribution in [3.05, 3.63) is 64.9 Å². The maximum absolute atomic E-state index is 12.9. The highest BCUT2D eigenvalue weighted by molar-refractivity contribution is 6.12. The molecular formula is C21H21NO4. The average molecular weight is 351 g/mol. The minimum absolute atomic E-state index is 0.110. The number of carboxylic acid groups (broad SMARTS) is 1. The Bertz CT molecular complexity index is 883. The Labute approximate surface area is 152 Å². The second-order valence-corrected chi connectivity index (χ2v) is 6.37. The van der Waals surface area contributed by atoms with E-state index in [1.165, 1.54) is 17.4 Å². The average Bonchev–Trinajstić information content (AvgIpc) is 2.63. The summed E-state index contributed by atoms with van der Waals surface area (Å²) in [6.07, 6.45) is 2.58. The summed E-state index contributed by atoms with van der Waals surface area (Å²) in [4.78, 5) is 25.7. The van der Waals surface area contributed by atoms with Crippen molar-refractivity contribution in [3.8, 4) is 5.75 Å². The molecule has 0 radical (unpaired) electrons. The molecule has 0 saturated heterocycles. The molecule has 1 N–H and O–H groups in total. The van der Waals surface area contributed by atoms with Crippen molar-refractivity contribution in [2.24, 2.45) is 0 Å². The zero-order valence-electron chi connectivity index (χ0n) is 15.0. The van der Waals surface area contributed by atoms with Crippen LogP contribution in [0.3, 0.4) is 0 Å². The van der Waals surface area contributed by atoms with E-state index in [0.29, 0.717) is 11.4 Å². The normalized spacial score (nSPS) is 16.2. The monoisotopic (exact) mass is 351 g/mol. The van der Waals surface area contributed by atoms with Crippen molar-refractivity contribution < 1.29 is 19.4 Å². The number of carbonyl (C=O) groups is 2. The summed E-state index contributed by atoms with van der Waals surface area (Å²) in [7, 11) is 0. The third-order valence-electron chi connectivity index (χ3n) is 4.45. The number of ether oxygens (including phenoxy) is 1. The van der Waals surface area contributed by atoms with Crippen LogP contribution in [0.5, 0.6) is 5.75 Å². The van der Waals surface area contributed by atoms with Gasteiger partial charge in [0.05, 0.1) is 5.69 Å². The molecule has 2 aromatic rings. The Morgan fingerprint density at radius 3 is 2.54 bits per heavy atom. The number of nitrogens with zero attached hydrogens (tertiary/aromatic N) is 1. The van der Waals surface area contributed by atoms with Crippen molar-refractivity contribution in [2.75, 3.05) is 4.90 Å². The summed E-state index contributed by atoms with van der Waals surface area (Å²) in [6.45, 7) is 5.45. The molecule has 1 atom stereocenters. The van der Waals surface area contributed by atoms with Gasteiger partial charge in [0.25, 0.3) is 5.91 Å². The van der Waals surface area contributed by atoms with Gasteiger partial charge in [0.1, 0.15) is 6.04 Å². The van der Waals surface area contributed by atoms with E-state index in [1.807, 2.05) is 37.3 Å². The summed E-state index contributed by atoms with van der Waals surface area (Å²) >= 11 is 0. The molecular weight excluding hydrogens is 330 g/mol. The van der Waals surface area contributed by atoms with Gasteiger partial charge >= 0.3 is 5.97 Å². The lowest BCUT2D eigenvalue weighted by atomic mass is 10.1. The molecule has 1 unspecified atom stereocenters. The van der Waals surface area contributed by atoms with Crippen LogP contribution in [0.1, 0.15) is 30.5 Å². The van der Waals surface area contributed by atoms with Crippen molar-refractivity contribution in [1.82, 2.24) is 0 Å². The van der Waals surface area contributed by atoms with Crippen molar-refractivity contribution in [1.29, 1.82) is 0 Å². The smallest absolute Gasteiger partial charge is 0.326 e. The van der Waals surface area contributed by atoms with Crippen LogP contribution in [0, 0.1) is 6.92 Å². The molecule has 3 rings (SSSR count). The zero-order chi connectivity index (χ0) is 18.8. The topological polar surface area (TPSA) is 66.8 Å². The standard InChI is InChI=1S/C21H21NO4/c1-4-15-6-8-16(9-7-15)12-19-20(23)22(14(3)21(24)25)17-11-13(2)5-10-18(17)26-19/h5-12,14H,4H2,1-3H3,(H,24,25)/b19-12+. The second kappa shape index (κ2) is 7.04. The van der Waals surface area contributed by atoms with Crippen LogP contribution in [0.25, 0.3) is 6.08 Å². The summed E-state index contributed by atoms with van der Waals surface area (Å²) in [6, 6.07) is 12.2. The summed E-state index contributed by atoms with van der Waals surface area (Å²) in [5, 5.41) is 9.43. The van der Waals surface area contributed by atoms with E-state index in [9.17, 15) is 14.7 Å². The van der Waals surface area contributed by atoms with Gasteiger partial charge in [-0.1, -0.05) is 37.3 Å². The van der Waals surface area contributed by atoms with E-state index < -0.39 is 17.9 Å². The quantitative estimate of drug-likeness (QED) is 0.851. The maximum Gasteiger partial charge on any atom is 0.326 e. The summed E-state index contributed by atoms with van der Waals surface area (Å²) < 4.78 is 5.80. The molecule has 1 heterocycles. The Morgan fingerprint density at radius 2 is 1.92 bits per heavy atom. The van der Waals surface area contributed by atoms with Crippen molar-refractivity contribution in [3.63, 3.8) is 0 Å². The van der Waals surface area contributed by atoms with Gasteiger partial charge in [-0.05, 0) is 55.2 Å². The van der Waals surface area contributed by atoms with E-state index in [-0.39, 0.29) is 5.76 Å². The third kappa shape index (κ3) is 3.33. The van der Waals surface area contributed by atoms with Crippen molar-refractivity contribution >= 4 is 23.6 Å². The fraction of sp³-hybridized carbons (Fsp3) is 0.238. The van der Waals surface area contributed by atoms with Gasteiger partial charge in [0.15, 0.2) is 11.5 Å². The number of anilines is 1. The fourth-order valence-corrected chi connectivity index (χ4v) is 2.88. The molecule has 0 aromatic heterocycles. The first-order chi connectivity index (χ1) is 12.4. The molecule has 0 fully saturated rings. The van der Waals surface area contributed by atoms with Gasteiger partial charge in [0, 0.05) is 0 Å². The first kappa shape index (κ1) is 17.7. The molecule has 26 heavy (non-hydrogen) atoms. The zero-order valence-corrected chi connectivity index (χ0v) is 15.0. The Balaban J connectivity index is 2.05. The highest BCUT2D eigenvalue weighted by Gasteiger charge is 2.36. The molecule has 1 aliphatic rings. The lowest BCUT2D eigenvalue weighted by Gasteiger charge is -2.33. The fourth-order valence-electron chi connectivity index (χ4n) is 2.88. The van der Waals surface area contributed by atoms with E-state index in [1.54, 1.807) is 18.2 Å². The third-order valence-corrected chi connectivity index (χ3v) is 4.45. The van der Waals surface area contributed by atoms with Gasteiger partial charge in [0.2, 0.25) is 0 Å². The number of fused-ring (bicyclic) bond motifs is 1. The lowest BCUT2D eigenvalue weighted by Crippen LogP contribution is -2.47. The minimum Gasteiger partial charge on any atom is -0.480 e. The van der Waals surface area contributed by atoms with E-state index in [4.69, 9.17) is 4.74 Å². The molecule has 5 heteroatoms. The van der Waals surface area contributed by atoms with Crippen LogP contribution in [0.15, 0.2) is 48.2 Å². The minimum atomic E-state index is -1.07. The van der Waals surface area contributed by atoms with E-state index in [0.717, 1.165) is 17.5 Å². The predicted molar refractivity (Wildman–Crippen MR) is 100 cm³/mol. The van der Waals surface area contributed by atoms with Gasteiger partial charge in [-0.25, -0.2) is 4.79 Å². The van der Waals surface area contributed by atoms with Crippen LogP contribution < -0.4 is 9.64 Å². The van der Waals surface area contributed by atoms with E-state index >= 15 is 0 Å². The largest absolute Gasteiger partial charge is 0.480 e. The van der Waals surface area contributed by atoms with Crippen LogP contribution in [0.4, 0.5) is 5.69 Å². The van der Waals surface area contributed by atoms with Crippen LogP contribution >= 0.6 is 0 Å². The first-order valence-electron chi connectivity index (χ1n) is 8.56.